The lowest BCUT2D eigenvalue weighted by Gasteiger charge is -2.08. The van der Waals surface area contributed by atoms with Crippen molar-refractivity contribution in [3.63, 3.8) is 0 Å². The summed E-state index contributed by atoms with van der Waals surface area (Å²) in [6, 6.07) is 12.8. The summed E-state index contributed by atoms with van der Waals surface area (Å²) >= 11 is 0. The van der Waals surface area contributed by atoms with Crippen molar-refractivity contribution >= 4 is 15.8 Å². The maximum Gasteiger partial charge on any atom is 0.335 e. The number of carboxylic acids is 1. The Hall–Kier alpha value is -2.14. The maximum atomic E-state index is 11.7. The Labute approximate surface area is 111 Å². The lowest BCUT2D eigenvalue weighted by Crippen LogP contribution is -2.00. The first-order valence-corrected chi connectivity index (χ1v) is 7.41. The Morgan fingerprint density at radius 2 is 1.58 bits per heavy atom. The van der Waals surface area contributed by atoms with E-state index >= 15 is 0 Å². The van der Waals surface area contributed by atoms with Crippen molar-refractivity contribution in [1.82, 2.24) is 0 Å². The van der Waals surface area contributed by atoms with E-state index in [0.717, 1.165) is 6.26 Å². The van der Waals surface area contributed by atoms with Gasteiger partial charge in [0.2, 0.25) is 0 Å². The molecule has 0 saturated heterocycles. The van der Waals surface area contributed by atoms with E-state index in [1.807, 2.05) is 0 Å². The Bertz CT molecular complexity index is 715. The van der Waals surface area contributed by atoms with E-state index < -0.39 is 15.8 Å². The zero-order valence-corrected chi connectivity index (χ0v) is 11.0. The quantitative estimate of drug-likeness (QED) is 0.934. The molecule has 0 aliphatic rings. The normalized spacial score (nSPS) is 11.2. The van der Waals surface area contributed by atoms with Crippen LogP contribution in [0.2, 0.25) is 0 Å². The molecule has 0 fully saturated rings. The molecule has 19 heavy (non-hydrogen) atoms. The van der Waals surface area contributed by atoms with Gasteiger partial charge in [0.05, 0.1) is 10.5 Å². The highest BCUT2D eigenvalue weighted by atomic mass is 32.2. The monoisotopic (exact) mass is 276 g/mol. The van der Waals surface area contributed by atoms with Crippen molar-refractivity contribution in [3.05, 3.63) is 54.1 Å². The first-order chi connectivity index (χ1) is 8.89. The third-order valence-corrected chi connectivity index (χ3v) is 3.88. The van der Waals surface area contributed by atoms with Gasteiger partial charge < -0.3 is 5.11 Å². The minimum atomic E-state index is -3.32. The van der Waals surface area contributed by atoms with Gasteiger partial charge in [-0.15, -0.1) is 0 Å². The van der Waals surface area contributed by atoms with Gasteiger partial charge in [0.25, 0.3) is 0 Å². The predicted octanol–water partition coefficient (Wildman–Crippen LogP) is 2.46. The van der Waals surface area contributed by atoms with Gasteiger partial charge in [-0.3, -0.25) is 0 Å². The van der Waals surface area contributed by atoms with E-state index in [9.17, 15) is 13.2 Å². The SMILES string of the molecule is CS(=O)(=O)c1ccccc1-c1ccc(C(=O)O)cc1. The fourth-order valence-electron chi connectivity index (χ4n) is 1.82. The largest absolute Gasteiger partial charge is 0.478 e. The highest BCUT2D eigenvalue weighted by Gasteiger charge is 2.14. The van der Waals surface area contributed by atoms with Gasteiger partial charge in [-0.1, -0.05) is 30.3 Å². The lowest BCUT2D eigenvalue weighted by molar-refractivity contribution is 0.0697. The van der Waals surface area contributed by atoms with Crippen LogP contribution < -0.4 is 0 Å². The molecule has 0 spiro atoms. The van der Waals surface area contributed by atoms with Gasteiger partial charge in [-0.2, -0.15) is 0 Å². The maximum absolute atomic E-state index is 11.7. The summed E-state index contributed by atoms with van der Waals surface area (Å²) in [5.74, 6) is -1.01. The molecule has 0 aliphatic heterocycles. The van der Waals surface area contributed by atoms with Crippen LogP contribution in [-0.2, 0) is 9.84 Å². The first kappa shape index (κ1) is 13.3. The number of carbonyl (C=O) groups is 1. The van der Waals surface area contributed by atoms with Crippen LogP contribution in [0.15, 0.2) is 53.4 Å². The second-order valence-corrected chi connectivity index (χ2v) is 6.13. The minimum Gasteiger partial charge on any atom is -0.478 e. The smallest absolute Gasteiger partial charge is 0.335 e. The van der Waals surface area contributed by atoms with Crippen molar-refractivity contribution in [2.75, 3.05) is 6.26 Å². The minimum absolute atomic E-state index is 0.167. The molecular formula is C14H12O4S. The third kappa shape index (κ3) is 2.82. The summed E-state index contributed by atoms with van der Waals surface area (Å²) in [4.78, 5) is 11.0. The molecule has 2 aromatic carbocycles. The fraction of sp³-hybridized carbons (Fsp3) is 0.0714. The molecule has 0 saturated carbocycles. The summed E-state index contributed by atoms with van der Waals surface area (Å²) in [5.41, 5.74) is 1.41. The Kier molecular flexibility index (Phi) is 3.40. The summed E-state index contributed by atoms with van der Waals surface area (Å²) in [6.45, 7) is 0. The average Bonchev–Trinajstić information content (AvgIpc) is 2.38. The topological polar surface area (TPSA) is 71.4 Å². The molecule has 0 unspecified atom stereocenters. The molecule has 0 heterocycles. The lowest BCUT2D eigenvalue weighted by atomic mass is 10.0. The van der Waals surface area contributed by atoms with Crippen LogP contribution in [0.25, 0.3) is 11.1 Å². The molecular weight excluding hydrogens is 264 g/mol. The van der Waals surface area contributed by atoms with E-state index in [2.05, 4.69) is 0 Å². The standard InChI is InChI=1S/C14H12O4S/c1-19(17,18)13-5-3-2-4-12(13)10-6-8-11(9-7-10)14(15)16/h2-9H,1H3,(H,15,16). The van der Waals surface area contributed by atoms with Crippen LogP contribution in [0.1, 0.15) is 10.4 Å². The molecule has 98 valence electrons. The van der Waals surface area contributed by atoms with E-state index in [1.165, 1.54) is 18.2 Å². The Balaban J connectivity index is 2.57. The van der Waals surface area contributed by atoms with E-state index in [4.69, 9.17) is 5.11 Å². The summed E-state index contributed by atoms with van der Waals surface area (Å²) in [5, 5.41) is 8.83. The van der Waals surface area contributed by atoms with Gasteiger partial charge in [-0.25, -0.2) is 13.2 Å². The highest BCUT2D eigenvalue weighted by molar-refractivity contribution is 7.90. The van der Waals surface area contributed by atoms with E-state index in [-0.39, 0.29) is 10.5 Å². The predicted molar refractivity (Wildman–Crippen MR) is 71.9 cm³/mol. The van der Waals surface area contributed by atoms with Gasteiger partial charge in [0.15, 0.2) is 9.84 Å². The molecule has 2 aromatic rings. The molecule has 0 radical (unpaired) electrons. The third-order valence-electron chi connectivity index (χ3n) is 2.73. The number of rotatable bonds is 3. The van der Waals surface area contributed by atoms with E-state index in [1.54, 1.807) is 30.3 Å². The molecule has 5 heteroatoms. The van der Waals surface area contributed by atoms with Crippen LogP contribution in [0.3, 0.4) is 0 Å². The van der Waals surface area contributed by atoms with Gasteiger partial charge in [0, 0.05) is 11.8 Å². The second-order valence-electron chi connectivity index (χ2n) is 4.15. The second kappa shape index (κ2) is 4.85. The number of sulfone groups is 1. The van der Waals surface area contributed by atoms with Crippen LogP contribution in [0.5, 0.6) is 0 Å². The van der Waals surface area contributed by atoms with Crippen LogP contribution in [0.4, 0.5) is 0 Å². The van der Waals surface area contributed by atoms with Crippen molar-refractivity contribution in [1.29, 1.82) is 0 Å². The van der Waals surface area contributed by atoms with Crippen molar-refractivity contribution < 1.29 is 18.3 Å². The van der Waals surface area contributed by atoms with Gasteiger partial charge in [-0.05, 0) is 23.8 Å². The zero-order chi connectivity index (χ0) is 14.0. The van der Waals surface area contributed by atoms with Crippen LogP contribution in [-0.4, -0.2) is 25.7 Å². The Morgan fingerprint density at radius 3 is 2.11 bits per heavy atom. The number of carboxylic acid groups (broad SMARTS) is 1. The zero-order valence-electron chi connectivity index (χ0n) is 10.2. The van der Waals surface area contributed by atoms with Crippen LogP contribution >= 0.6 is 0 Å². The molecule has 0 aromatic heterocycles. The van der Waals surface area contributed by atoms with Gasteiger partial charge in [0.1, 0.15) is 0 Å². The summed E-state index contributed by atoms with van der Waals surface area (Å²) in [7, 11) is -3.32. The highest BCUT2D eigenvalue weighted by Crippen LogP contribution is 2.27. The average molecular weight is 276 g/mol. The molecule has 0 aliphatic carbocycles. The number of benzene rings is 2. The molecule has 0 bridgehead atoms. The number of aromatic carboxylic acids is 1. The van der Waals surface area contributed by atoms with Crippen molar-refractivity contribution in [2.24, 2.45) is 0 Å². The van der Waals surface area contributed by atoms with Crippen LogP contribution in [0, 0.1) is 0 Å². The van der Waals surface area contributed by atoms with Crippen molar-refractivity contribution in [2.45, 2.75) is 4.90 Å². The Morgan fingerprint density at radius 1 is 1.00 bits per heavy atom. The molecule has 2 rings (SSSR count). The number of hydrogen-bond acceptors (Lipinski definition) is 3. The molecule has 0 amide bonds. The number of hydrogen-bond donors (Lipinski definition) is 1. The molecule has 4 nitrogen and oxygen atoms in total. The van der Waals surface area contributed by atoms with Crippen molar-refractivity contribution in [3.8, 4) is 11.1 Å². The first-order valence-electron chi connectivity index (χ1n) is 5.52. The summed E-state index contributed by atoms with van der Waals surface area (Å²) < 4.78 is 23.4. The van der Waals surface area contributed by atoms with Gasteiger partial charge >= 0.3 is 5.97 Å². The molecule has 0 atom stereocenters. The molecule has 1 N–H and O–H groups in total. The fourth-order valence-corrected chi connectivity index (χ4v) is 2.73. The summed E-state index contributed by atoms with van der Waals surface area (Å²) in [6.07, 6.45) is 1.15. The van der Waals surface area contributed by atoms with E-state index in [0.29, 0.717) is 11.1 Å².